The van der Waals surface area contributed by atoms with Crippen LogP contribution in [0.1, 0.15) is 11.5 Å². The van der Waals surface area contributed by atoms with Crippen molar-refractivity contribution in [3.05, 3.63) is 35.7 Å². The summed E-state index contributed by atoms with van der Waals surface area (Å²) in [5.74, 6) is -3.05. The molecule has 0 fully saturated rings. The van der Waals surface area contributed by atoms with E-state index in [1.54, 1.807) is 12.1 Å². The van der Waals surface area contributed by atoms with Gasteiger partial charge in [-0.2, -0.15) is 18.2 Å². The Bertz CT molecular complexity index is 738. The first-order valence-electron chi connectivity index (χ1n) is 6.68. The Hall–Kier alpha value is -2.91. The summed E-state index contributed by atoms with van der Waals surface area (Å²) >= 11 is 0. The van der Waals surface area contributed by atoms with Gasteiger partial charge in [0.25, 0.3) is 0 Å². The average molecular weight is 342 g/mol. The van der Waals surface area contributed by atoms with Crippen LogP contribution in [0, 0.1) is 0 Å². The van der Waals surface area contributed by atoms with Crippen LogP contribution < -0.4 is 5.32 Å². The number of alkyl halides is 3. The summed E-state index contributed by atoms with van der Waals surface area (Å²) in [5, 5.41) is 5.71. The van der Waals surface area contributed by atoms with Crippen LogP contribution in [0.3, 0.4) is 0 Å². The molecule has 2 amide bonds. The van der Waals surface area contributed by atoms with Gasteiger partial charge in [-0.1, -0.05) is 29.4 Å². The maximum absolute atomic E-state index is 12.4. The van der Waals surface area contributed by atoms with Gasteiger partial charge in [0, 0.05) is 26.2 Å². The number of rotatable bonds is 3. The van der Waals surface area contributed by atoms with E-state index in [0.29, 0.717) is 11.1 Å². The Balaban J connectivity index is 2.02. The van der Waals surface area contributed by atoms with Crippen LogP contribution in [-0.2, 0) is 22.3 Å². The molecule has 0 saturated carbocycles. The number of amides is 2. The summed E-state index contributed by atoms with van der Waals surface area (Å²) in [6, 6.07) is 6.11. The largest absolute Gasteiger partial charge is 0.471 e. The zero-order valence-corrected chi connectivity index (χ0v) is 12.7. The van der Waals surface area contributed by atoms with Crippen molar-refractivity contribution in [3.8, 4) is 11.4 Å². The fraction of sp³-hybridized carbons (Fsp3) is 0.286. The Morgan fingerprint density at radius 1 is 1.21 bits per heavy atom. The van der Waals surface area contributed by atoms with Crippen LogP contribution in [-0.4, -0.2) is 41.0 Å². The molecule has 1 aromatic carbocycles. The van der Waals surface area contributed by atoms with Crippen LogP contribution in [0.15, 0.2) is 28.8 Å². The van der Waals surface area contributed by atoms with Crippen molar-refractivity contribution < 1.29 is 27.3 Å². The molecule has 0 aliphatic heterocycles. The van der Waals surface area contributed by atoms with Gasteiger partial charge >= 0.3 is 23.9 Å². The smallest absolute Gasteiger partial charge is 0.344 e. The molecule has 1 N–H and O–H groups in total. The number of nitrogens with zero attached hydrogens (tertiary/aromatic N) is 3. The zero-order valence-electron chi connectivity index (χ0n) is 12.7. The average Bonchev–Trinajstić information content (AvgIpc) is 3.02. The zero-order chi connectivity index (χ0) is 17.9. The predicted molar refractivity (Wildman–Crippen MR) is 75.3 cm³/mol. The summed E-state index contributed by atoms with van der Waals surface area (Å²) in [4.78, 5) is 27.3. The van der Waals surface area contributed by atoms with Crippen molar-refractivity contribution in [2.24, 2.45) is 0 Å². The molecule has 2 rings (SSSR count). The molecular formula is C14H13F3N4O3. The van der Waals surface area contributed by atoms with Crippen molar-refractivity contribution in [2.45, 2.75) is 12.7 Å². The van der Waals surface area contributed by atoms with E-state index >= 15 is 0 Å². The molecule has 1 heterocycles. The molecule has 10 heteroatoms. The van der Waals surface area contributed by atoms with E-state index in [1.807, 2.05) is 0 Å². The predicted octanol–water partition coefficient (Wildman–Crippen LogP) is 1.46. The molecule has 0 bridgehead atoms. The molecule has 2 aromatic rings. The highest BCUT2D eigenvalue weighted by molar-refractivity contribution is 6.34. The van der Waals surface area contributed by atoms with Gasteiger partial charge in [0.05, 0.1) is 0 Å². The number of hydrogen-bond acceptors (Lipinski definition) is 5. The molecule has 1 aromatic heterocycles. The number of hydrogen-bond donors (Lipinski definition) is 1. The molecule has 0 atom stereocenters. The number of aromatic nitrogens is 2. The van der Waals surface area contributed by atoms with E-state index in [0.717, 1.165) is 4.90 Å². The molecule has 0 spiro atoms. The van der Waals surface area contributed by atoms with E-state index in [4.69, 9.17) is 0 Å². The Labute approximate surface area is 134 Å². The number of benzene rings is 1. The SMILES string of the molecule is CN(C)C(=O)C(=O)NCc1ccc(-c2noc(C(F)(F)F)n2)cc1. The minimum Gasteiger partial charge on any atom is -0.344 e. The highest BCUT2D eigenvalue weighted by Gasteiger charge is 2.38. The van der Waals surface area contributed by atoms with Gasteiger partial charge in [-0.3, -0.25) is 9.59 Å². The fourth-order valence-corrected chi connectivity index (χ4v) is 1.69. The summed E-state index contributed by atoms with van der Waals surface area (Å²) in [7, 11) is 2.91. The van der Waals surface area contributed by atoms with Crippen LogP contribution in [0.25, 0.3) is 11.4 Å². The third-order valence-electron chi connectivity index (χ3n) is 2.93. The summed E-state index contributed by atoms with van der Waals surface area (Å²) in [6.07, 6.45) is -4.70. The molecule has 24 heavy (non-hydrogen) atoms. The number of carbonyl (C=O) groups excluding carboxylic acids is 2. The van der Waals surface area contributed by atoms with E-state index in [1.165, 1.54) is 26.2 Å². The molecular weight excluding hydrogens is 329 g/mol. The Morgan fingerprint density at radius 3 is 2.33 bits per heavy atom. The summed E-state index contributed by atoms with van der Waals surface area (Å²) < 4.78 is 41.4. The van der Waals surface area contributed by atoms with E-state index in [2.05, 4.69) is 20.0 Å². The van der Waals surface area contributed by atoms with Crippen LogP contribution in [0.2, 0.25) is 0 Å². The lowest BCUT2D eigenvalue weighted by Crippen LogP contribution is -2.38. The molecule has 7 nitrogen and oxygen atoms in total. The van der Waals surface area contributed by atoms with Crippen molar-refractivity contribution in [1.29, 1.82) is 0 Å². The van der Waals surface area contributed by atoms with Crippen LogP contribution >= 0.6 is 0 Å². The fourth-order valence-electron chi connectivity index (χ4n) is 1.69. The Kier molecular flexibility index (Phi) is 4.86. The van der Waals surface area contributed by atoms with Gasteiger partial charge in [0.1, 0.15) is 0 Å². The Morgan fingerprint density at radius 2 is 1.83 bits per heavy atom. The molecule has 0 aliphatic rings. The van der Waals surface area contributed by atoms with Crippen molar-refractivity contribution in [2.75, 3.05) is 14.1 Å². The van der Waals surface area contributed by atoms with Gasteiger partial charge in [-0.05, 0) is 5.56 Å². The first-order valence-corrected chi connectivity index (χ1v) is 6.68. The minimum atomic E-state index is -4.70. The highest BCUT2D eigenvalue weighted by atomic mass is 19.4. The van der Waals surface area contributed by atoms with Crippen LogP contribution in [0.5, 0.6) is 0 Å². The molecule has 0 saturated heterocycles. The van der Waals surface area contributed by atoms with Gasteiger partial charge in [-0.25, -0.2) is 0 Å². The number of halogens is 3. The second-order valence-electron chi connectivity index (χ2n) is 5.00. The third-order valence-corrected chi connectivity index (χ3v) is 2.93. The molecule has 0 aliphatic carbocycles. The standard InChI is InChI=1S/C14H13F3N4O3/c1-21(2)12(23)11(22)18-7-8-3-5-9(6-4-8)10-19-13(24-20-10)14(15,16)17/h3-6H,7H2,1-2H3,(H,18,22). The molecule has 0 unspecified atom stereocenters. The topological polar surface area (TPSA) is 88.3 Å². The maximum Gasteiger partial charge on any atom is 0.471 e. The van der Waals surface area contributed by atoms with Crippen molar-refractivity contribution >= 4 is 11.8 Å². The van der Waals surface area contributed by atoms with Crippen molar-refractivity contribution in [1.82, 2.24) is 20.4 Å². The normalized spacial score (nSPS) is 11.2. The maximum atomic E-state index is 12.4. The van der Waals surface area contributed by atoms with Gasteiger partial charge in [0.2, 0.25) is 5.82 Å². The number of carbonyl (C=O) groups is 2. The van der Waals surface area contributed by atoms with Gasteiger partial charge < -0.3 is 14.7 Å². The second-order valence-corrected chi connectivity index (χ2v) is 5.00. The third kappa shape index (κ3) is 4.09. The van der Waals surface area contributed by atoms with Gasteiger partial charge in [0.15, 0.2) is 0 Å². The first-order chi connectivity index (χ1) is 11.2. The first kappa shape index (κ1) is 17.4. The van der Waals surface area contributed by atoms with E-state index < -0.39 is 23.9 Å². The summed E-state index contributed by atoms with van der Waals surface area (Å²) in [6.45, 7) is 0.0960. The van der Waals surface area contributed by atoms with E-state index in [-0.39, 0.29) is 12.4 Å². The molecule has 128 valence electrons. The van der Waals surface area contributed by atoms with Crippen molar-refractivity contribution in [3.63, 3.8) is 0 Å². The van der Waals surface area contributed by atoms with Gasteiger partial charge in [-0.15, -0.1) is 0 Å². The lowest BCUT2D eigenvalue weighted by molar-refractivity contribution is -0.159. The minimum absolute atomic E-state index is 0.0960. The number of likely N-dealkylation sites (N-methyl/N-ethyl adjacent to an activating group) is 1. The molecule has 0 radical (unpaired) electrons. The number of nitrogens with one attached hydrogen (secondary N) is 1. The quantitative estimate of drug-likeness (QED) is 0.853. The second kappa shape index (κ2) is 6.69. The van der Waals surface area contributed by atoms with E-state index in [9.17, 15) is 22.8 Å². The monoisotopic (exact) mass is 342 g/mol. The lowest BCUT2D eigenvalue weighted by atomic mass is 10.1. The lowest BCUT2D eigenvalue weighted by Gasteiger charge is -2.10. The summed E-state index contributed by atoms with van der Waals surface area (Å²) in [5.41, 5.74) is 0.979. The highest BCUT2D eigenvalue weighted by Crippen LogP contribution is 2.29. The van der Waals surface area contributed by atoms with Crippen LogP contribution in [0.4, 0.5) is 13.2 Å².